The summed E-state index contributed by atoms with van der Waals surface area (Å²) in [6.45, 7) is 0. The van der Waals surface area contributed by atoms with Crippen molar-refractivity contribution in [2.45, 2.75) is 31.5 Å². The van der Waals surface area contributed by atoms with Gasteiger partial charge in [0, 0.05) is 24.5 Å². The van der Waals surface area contributed by atoms with E-state index in [1.54, 1.807) is 24.3 Å². The molecule has 28 heavy (non-hydrogen) atoms. The summed E-state index contributed by atoms with van der Waals surface area (Å²) in [6, 6.07) is 13.7. The van der Waals surface area contributed by atoms with Gasteiger partial charge in [0.15, 0.2) is 0 Å². The lowest BCUT2D eigenvalue weighted by atomic mass is 10.1. The van der Waals surface area contributed by atoms with Crippen LogP contribution in [0.5, 0.6) is 5.75 Å². The van der Waals surface area contributed by atoms with Crippen LogP contribution in [-0.4, -0.2) is 22.8 Å². The van der Waals surface area contributed by atoms with E-state index in [1.165, 1.54) is 12.1 Å². The van der Waals surface area contributed by atoms with E-state index in [0.29, 0.717) is 24.2 Å². The number of carbonyl (C=O) groups excluding carboxylic acids is 2. The average molecular weight is 378 g/mol. The fourth-order valence-electron chi connectivity index (χ4n) is 3.27. The largest absolute Gasteiger partial charge is 0.507 e. The first-order chi connectivity index (χ1) is 13.5. The van der Waals surface area contributed by atoms with Crippen molar-refractivity contribution in [3.8, 4) is 5.75 Å². The molecule has 2 fully saturated rings. The Morgan fingerprint density at radius 2 is 1.54 bits per heavy atom. The Kier molecular flexibility index (Phi) is 4.65. The normalized spacial score (nSPS) is 18.4. The van der Waals surface area contributed by atoms with E-state index in [-0.39, 0.29) is 16.9 Å². The van der Waals surface area contributed by atoms with Crippen LogP contribution in [0.1, 0.15) is 31.2 Å². The average Bonchev–Trinajstić information content (AvgIpc) is 3.12. The Balaban J connectivity index is 1.54. The predicted molar refractivity (Wildman–Crippen MR) is 100 cm³/mol. The number of carbonyl (C=O) groups is 2. The third kappa shape index (κ3) is 3.64. The monoisotopic (exact) mass is 378 g/mol. The van der Waals surface area contributed by atoms with Crippen molar-refractivity contribution < 1.29 is 24.2 Å². The minimum Gasteiger partial charge on any atom is -0.507 e. The number of hydrogen-bond donors (Lipinski definition) is 1. The highest BCUT2D eigenvalue weighted by Crippen LogP contribution is 2.39. The smallest absolute Gasteiger partial charge is 0.348 e. The van der Waals surface area contributed by atoms with Gasteiger partial charge in [-0.1, -0.05) is 18.2 Å². The summed E-state index contributed by atoms with van der Waals surface area (Å²) in [4.78, 5) is 24.6. The molecular weight excluding hydrogens is 360 g/mol. The summed E-state index contributed by atoms with van der Waals surface area (Å²) >= 11 is 0. The lowest BCUT2D eigenvalue weighted by molar-refractivity contribution is -0.232. The lowest BCUT2D eigenvalue weighted by Crippen LogP contribution is -2.44. The van der Waals surface area contributed by atoms with Crippen LogP contribution < -0.4 is 0 Å². The molecule has 2 aromatic carbocycles. The minimum absolute atomic E-state index is 0.140. The van der Waals surface area contributed by atoms with Gasteiger partial charge in [-0.25, -0.2) is 9.59 Å². The Morgan fingerprint density at radius 1 is 0.893 bits per heavy atom. The zero-order chi connectivity index (χ0) is 19.6. The standard InChI is InChI=1S/C21H18N2O5/c24-18-13-16(23-22-15-6-2-1-3-7-15)9-8-14(18)12-17-19(25)27-21(28-20(17)26)10-4-5-11-21/h1-3,6-9,12-13,24H,4-5,10-11H2. The maximum Gasteiger partial charge on any atom is 0.348 e. The molecule has 1 saturated heterocycles. The number of benzene rings is 2. The molecule has 0 atom stereocenters. The maximum atomic E-state index is 12.3. The van der Waals surface area contributed by atoms with Gasteiger partial charge < -0.3 is 14.6 Å². The van der Waals surface area contributed by atoms with Crippen LogP contribution in [0, 0.1) is 0 Å². The fourth-order valence-corrected chi connectivity index (χ4v) is 3.27. The SMILES string of the molecule is O=C1OC2(CCCC2)OC(=O)C1=Cc1ccc(N=Nc2ccccc2)cc1O. The molecule has 1 aliphatic carbocycles. The van der Waals surface area contributed by atoms with Gasteiger partial charge in [-0.2, -0.15) is 10.2 Å². The summed E-state index contributed by atoms with van der Waals surface area (Å²) in [5.74, 6) is -2.72. The van der Waals surface area contributed by atoms with E-state index in [4.69, 9.17) is 9.47 Å². The summed E-state index contributed by atoms with van der Waals surface area (Å²) in [5, 5.41) is 18.4. The molecule has 2 aromatic rings. The van der Waals surface area contributed by atoms with Crippen LogP contribution in [0.2, 0.25) is 0 Å². The van der Waals surface area contributed by atoms with Gasteiger partial charge in [0.25, 0.3) is 5.79 Å². The van der Waals surface area contributed by atoms with Gasteiger partial charge >= 0.3 is 11.9 Å². The molecule has 7 nitrogen and oxygen atoms in total. The van der Waals surface area contributed by atoms with E-state index >= 15 is 0 Å². The summed E-state index contributed by atoms with van der Waals surface area (Å²) in [6.07, 6.45) is 3.99. The number of phenols is 1. The molecule has 0 aromatic heterocycles. The van der Waals surface area contributed by atoms with Crippen LogP contribution in [-0.2, 0) is 19.1 Å². The quantitative estimate of drug-likeness (QED) is 0.365. The van der Waals surface area contributed by atoms with Gasteiger partial charge in [0.05, 0.1) is 11.4 Å². The van der Waals surface area contributed by atoms with Crippen molar-refractivity contribution in [3.63, 3.8) is 0 Å². The second-order valence-corrected chi connectivity index (χ2v) is 6.73. The highest BCUT2D eigenvalue weighted by Gasteiger charge is 2.47. The molecule has 2 aliphatic rings. The molecule has 4 rings (SSSR count). The first-order valence-corrected chi connectivity index (χ1v) is 9.03. The van der Waals surface area contributed by atoms with Gasteiger partial charge in [-0.3, -0.25) is 0 Å². The van der Waals surface area contributed by atoms with Crippen LogP contribution in [0.15, 0.2) is 64.3 Å². The van der Waals surface area contributed by atoms with Crippen LogP contribution in [0.3, 0.4) is 0 Å². The Hall–Kier alpha value is -3.48. The molecule has 0 unspecified atom stereocenters. The van der Waals surface area contributed by atoms with Crippen molar-refractivity contribution in [2.24, 2.45) is 10.2 Å². The number of azo groups is 1. The summed E-state index contributed by atoms with van der Waals surface area (Å²) in [5.41, 5.74) is 1.15. The molecular formula is C21H18N2O5. The second kappa shape index (κ2) is 7.26. The first kappa shape index (κ1) is 17.9. The third-order valence-corrected chi connectivity index (χ3v) is 4.71. The second-order valence-electron chi connectivity index (χ2n) is 6.73. The molecule has 1 heterocycles. The molecule has 1 saturated carbocycles. The molecule has 1 N–H and O–H groups in total. The van der Waals surface area contributed by atoms with Crippen LogP contribution in [0.25, 0.3) is 6.08 Å². The van der Waals surface area contributed by atoms with Crippen LogP contribution in [0.4, 0.5) is 11.4 Å². The Labute approximate surface area is 161 Å². The predicted octanol–water partition coefficient (Wildman–Crippen LogP) is 4.56. The molecule has 142 valence electrons. The van der Waals surface area contributed by atoms with Crippen molar-refractivity contribution in [1.82, 2.24) is 0 Å². The molecule has 7 heteroatoms. The van der Waals surface area contributed by atoms with E-state index in [9.17, 15) is 14.7 Å². The number of rotatable bonds is 3. The highest BCUT2D eigenvalue weighted by atomic mass is 16.7. The number of phenolic OH excluding ortho intramolecular Hbond substituents is 1. The van der Waals surface area contributed by atoms with Gasteiger partial charge in [-0.05, 0) is 43.2 Å². The van der Waals surface area contributed by atoms with Gasteiger partial charge in [-0.15, -0.1) is 0 Å². The third-order valence-electron chi connectivity index (χ3n) is 4.71. The number of nitrogens with zero attached hydrogens (tertiary/aromatic N) is 2. The van der Waals surface area contributed by atoms with Gasteiger partial charge in [0.2, 0.25) is 0 Å². The first-order valence-electron chi connectivity index (χ1n) is 9.03. The zero-order valence-electron chi connectivity index (χ0n) is 15.0. The van der Waals surface area contributed by atoms with Crippen LogP contribution >= 0.6 is 0 Å². The number of aromatic hydroxyl groups is 1. The van der Waals surface area contributed by atoms with E-state index in [0.717, 1.165) is 12.8 Å². The zero-order valence-corrected chi connectivity index (χ0v) is 15.0. The lowest BCUT2D eigenvalue weighted by Gasteiger charge is -2.32. The van der Waals surface area contributed by atoms with E-state index in [1.807, 2.05) is 18.2 Å². The molecule has 0 bridgehead atoms. The van der Waals surface area contributed by atoms with E-state index in [2.05, 4.69) is 10.2 Å². The van der Waals surface area contributed by atoms with Gasteiger partial charge in [0.1, 0.15) is 11.3 Å². The van der Waals surface area contributed by atoms with E-state index < -0.39 is 17.7 Å². The number of hydrogen-bond acceptors (Lipinski definition) is 7. The Bertz CT molecular complexity index is 954. The molecule has 0 amide bonds. The van der Waals surface area contributed by atoms with Crippen molar-refractivity contribution in [2.75, 3.05) is 0 Å². The molecule has 1 spiro atoms. The Morgan fingerprint density at radius 3 is 2.18 bits per heavy atom. The van der Waals surface area contributed by atoms with Crippen molar-refractivity contribution in [1.29, 1.82) is 0 Å². The summed E-state index contributed by atoms with van der Waals surface area (Å²) in [7, 11) is 0. The van der Waals surface area contributed by atoms with Crippen molar-refractivity contribution in [3.05, 3.63) is 59.7 Å². The van der Waals surface area contributed by atoms with Crippen molar-refractivity contribution >= 4 is 29.4 Å². The molecule has 0 radical (unpaired) electrons. The number of esters is 2. The topological polar surface area (TPSA) is 97.6 Å². The highest BCUT2D eigenvalue weighted by molar-refractivity contribution is 6.19. The molecule has 1 aliphatic heterocycles. The fraction of sp³-hybridized carbons (Fsp3) is 0.238. The summed E-state index contributed by atoms with van der Waals surface area (Å²) < 4.78 is 10.8. The maximum absolute atomic E-state index is 12.3. The minimum atomic E-state index is -1.12. The number of ether oxygens (including phenoxy) is 2.